The second-order valence-corrected chi connectivity index (χ2v) is 3.40. The van der Waals surface area contributed by atoms with Crippen molar-refractivity contribution in [1.82, 2.24) is 0 Å². The van der Waals surface area contributed by atoms with Gasteiger partial charge in [-0.25, -0.2) is 10.3 Å². The van der Waals surface area contributed by atoms with Crippen molar-refractivity contribution in [2.45, 2.75) is 6.92 Å². The number of hydrogen-bond acceptors (Lipinski definition) is 7. The molecule has 0 radical (unpaired) electrons. The van der Waals surface area contributed by atoms with Crippen LogP contribution in [0.4, 0.5) is 10.0 Å². The van der Waals surface area contributed by atoms with Crippen LogP contribution in [0, 0.1) is 15.6 Å². The van der Waals surface area contributed by atoms with Crippen LogP contribution >= 0.6 is 11.3 Å². The van der Waals surface area contributed by atoms with Crippen molar-refractivity contribution < 1.29 is 14.5 Å². The fraction of sp³-hybridized carbons (Fsp3) is 0.286. The maximum absolute atomic E-state index is 11.3. The van der Waals surface area contributed by atoms with Gasteiger partial charge in [0.25, 0.3) is 0 Å². The van der Waals surface area contributed by atoms with Crippen LogP contribution < -0.4 is 0 Å². The molecule has 0 atom stereocenters. The number of carbonyl (C=O) groups excluding carboxylic acids is 1. The summed E-state index contributed by atoms with van der Waals surface area (Å²) in [5, 5.41) is 13.2. The summed E-state index contributed by atoms with van der Waals surface area (Å²) in [6.45, 7) is 1.79. The third-order valence-corrected chi connectivity index (χ3v) is 2.46. The third-order valence-electron chi connectivity index (χ3n) is 1.48. The molecule has 0 aliphatic heterocycles. The van der Waals surface area contributed by atoms with Crippen LogP contribution in [-0.4, -0.2) is 17.5 Å². The van der Waals surface area contributed by atoms with Crippen molar-refractivity contribution in [2.24, 2.45) is 5.11 Å². The van der Waals surface area contributed by atoms with Gasteiger partial charge in [0.1, 0.15) is 5.56 Å². The Balaban J connectivity index is 3.10. The summed E-state index contributed by atoms with van der Waals surface area (Å²) in [4.78, 5) is 21.1. The average molecular weight is 229 g/mol. The van der Waals surface area contributed by atoms with E-state index >= 15 is 0 Å². The molecule has 0 saturated heterocycles. The van der Waals surface area contributed by atoms with Gasteiger partial charge in [-0.2, -0.15) is 0 Å². The Bertz CT molecular complexity index is 414. The van der Waals surface area contributed by atoms with Gasteiger partial charge in [-0.05, 0) is 18.3 Å². The topological polar surface area (TPSA) is 106 Å². The second kappa shape index (κ2) is 4.60. The van der Waals surface area contributed by atoms with Gasteiger partial charge in [0, 0.05) is 6.07 Å². The van der Waals surface area contributed by atoms with Gasteiger partial charge in [-0.3, -0.25) is 10.1 Å². The fourth-order valence-corrected chi connectivity index (χ4v) is 1.64. The molecule has 0 aliphatic carbocycles. The van der Waals surface area contributed by atoms with E-state index in [9.17, 15) is 14.9 Å². The van der Waals surface area contributed by atoms with E-state index in [1.807, 2.05) is 0 Å². The van der Waals surface area contributed by atoms with E-state index in [-0.39, 0.29) is 22.2 Å². The molecule has 1 rings (SSSR count). The molecule has 80 valence electrons. The Hall–Kier alpha value is -1.83. The van der Waals surface area contributed by atoms with Crippen LogP contribution in [0.1, 0.15) is 17.3 Å². The summed E-state index contributed by atoms with van der Waals surface area (Å²) in [6, 6.07) is 1.07. The first-order valence-electron chi connectivity index (χ1n) is 3.93. The fourth-order valence-electron chi connectivity index (χ4n) is 0.897. The second-order valence-electron chi connectivity index (χ2n) is 2.39. The third kappa shape index (κ3) is 2.34. The van der Waals surface area contributed by atoms with E-state index in [2.05, 4.69) is 9.85 Å². The Morgan fingerprint density at radius 3 is 2.93 bits per heavy atom. The largest absolute Gasteiger partial charge is 0.462 e. The molecular formula is C7H7N3O4S. The molecule has 0 unspecified atom stereocenters. The summed E-state index contributed by atoms with van der Waals surface area (Å²) in [5.74, 6) is -0.701. The van der Waals surface area contributed by atoms with Crippen molar-refractivity contribution in [3.63, 3.8) is 0 Å². The number of ether oxygens (including phenoxy) is 1. The van der Waals surface area contributed by atoms with Crippen LogP contribution in [0.3, 0.4) is 0 Å². The van der Waals surface area contributed by atoms with Crippen molar-refractivity contribution >= 4 is 27.3 Å². The average Bonchev–Trinajstić information content (AvgIpc) is 2.61. The number of esters is 1. The minimum atomic E-state index is -0.701. The van der Waals surface area contributed by atoms with E-state index in [1.54, 1.807) is 6.92 Å². The Morgan fingerprint density at radius 2 is 2.47 bits per heavy atom. The first kappa shape index (κ1) is 11.2. The van der Waals surface area contributed by atoms with E-state index < -0.39 is 10.9 Å². The number of rotatable bonds is 4. The standard InChI is InChI=1S/C7H7N3O4S/c1-2-14-7(11)4-3-5(10(12)13)15-6(4)9-8/h3,8H,2H2,1H3. The summed E-state index contributed by atoms with van der Waals surface area (Å²) in [7, 11) is 0. The van der Waals surface area contributed by atoms with Crippen molar-refractivity contribution in [3.8, 4) is 0 Å². The van der Waals surface area contributed by atoms with Crippen LogP contribution in [-0.2, 0) is 4.74 Å². The van der Waals surface area contributed by atoms with Gasteiger partial charge in [0.05, 0.1) is 11.5 Å². The van der Waals surface area contributed by atoms with Gasteiger partial charge in [-0.1, -0.05) is 0 Å². The molecule has 1 aromatic rings. The molecule has 0 saturated carbocycles. The molecular weight excluding hydrogens is 222 g/mol. The normalized spacial score (nSPS) is 9.67. The summed E-state index contributed by atoms with van der Waals surface area (Å²) in [6.07, 6.45) is 0. The molecule has 0 bridgehead atoms. The predicted octanol–water partition coefficient (Wildman–Crippen LogP) is 2.50. The van der Waals surface area contributed by atoms with Crippen LogP contribution in [0.15, 0.2) is 11.2 Å². The lowest BCUT2D eigenvalue weighted by atomic mass is 10.3. The molecule has 1 aromatic heterocycles. The van der Waals surface area contributed by atoms with E-state index in [1.165, 1.54) is 0 Å². The van der Waals surface area contributed by atoms with Crippen LogP contribution in [0.25, 0.3) is 0 Å². The van der Waals surface area contributed by atoms with E-state index in [4.69, 9.17) is 5.53 Å². The molecule has 7 nitrogen and oxygen atoms in total. The van der Waals surface area contributed by atoms with E-state index in [0.29, 0.717) is 11.3 Å². The quantitative estimate of drug-likeness (QED) is 0.370. The molecule has 15 heavy (non-hydrogen) atoms. The molecule has 0 aliphatic rings. The van der Waals surface area contributed by atoms with Crippen LogP contribution in [0.2, 0.25) is 0 Å². The van der Waals surface area contributed by atoms with Gasteiger partial charge >= 0.3 is 11.0 Å². The monoisotopic (exact) mass is 229 g/mol. The zero-order chi connectivity index (χ0) is 11.4. The molecule has 0 amide bonds. The number of hydrogen-bond donors (Lipinski definition) is 1. The molecule has 1 N–H and O–H groups in total. The Labute approximate surface area is 88.3 Å². The molecule has 1 heterocycles. The van der Waals surface area contributed by atoms with Gasteiger partial charge in [-0.15, -0.1) is 5.11 Å². The summed E-state index contributed by atoms with van der Waals surface area (Å²) >= 11 is 0.668. The van der Waals surface area contributed by atoms with Gasteiger partial charge in [0.2, 0.25) is 0 Å². The SMILES string of the molecule is CCOC(=O)c1cc([N+](=O)[O-])sc1N=N. The highest BCUT2D eigenvalue weighted by atomic mass is 32.1. The smallest absolute Gasteiger partial charge is 0.341 e. The zero-order valence-corrected chi connectivity index (χ0v) is 8.54. The van der Waals surface area contributed by atoms with Gasteiger partial charge < -0.3 is 4.74 Å². The molecule has 0 fully saturated rings. The maximum Gasteiger partial charge on any atom is 0.341 e. The number of nitrogens with one attached hydrogen (secondary N) is 1. The summed E-state index contributed by atoms with van der Waals surface area (Å²) in [5.41, 5.74) is 6.73. The van der Waals surface area contributed by atoms with E-state index in [0.717, 1.165) is 6.07 Å². The number of carbonyl (C=O) groups is 1. The minimum Gasteiger partial charge on any atom is -0.462 e. The first-order valence-corrected chi connectivity index (χ1v) is 4.74. The lowest BCUT2D eigenvalue weighted by Gasteiger charge is -1.97. The summed E-state index contributed by atoms with van der Waals surface area (Å²) < 4.78 is 4.67. The number of thiophene rings is 1. The number of nitrogens with zero attached hydrogens (tertiary/aromatic N) is 2. The van der Waals surface area contributed by atoms with Crippen molar-refractivity contribution in [2.75, 3.05) is 6.61 Å². The Morgan fingerprint density at radius 1 is 1.80 bits per heavy atom. The van der Waals surface area contributed by atoms with Gasteiger partial charge in [0.15, 0.2) is 5.00 Å². The molecule has 0 aromatic carbocycles. The molecule has 8 heteroatoms. The van der Waals surface area contributed by atoms with Crippen molar-refractivity contribution in [3.05, 3.63) is 21.7 Å². The number of nitro groups is 1. The molecule has 0 spiro atoms. The van der Waals surface area contributed by atoms with Crippen molar-refractivity contribution in [1.29, 1.82) is 5.53 Å². The lowest BCUT2D eigenvalue weighted by molar-refractivity contribution is -0.380. The minimum absolute atomic E-state index is 0.0137. The highest BCUT2D eigenvalue weighted by molar-refractivity contribution is 7.19. The lowest BCUT2D eigenvalue weighted by Crippen LogP contribution is -2.03. The first-order chi connectivity index (χ1) is 7.10. The highest BCUT2D eigenvalue weighted by Gasteiger charge is 2.22. The van der Waals surface area contributed by atoms with Crippen LogP contribution in [0.5, 0.6) is 0 Å². The predicted molar refractivity (Wildman–Crippen MR) is 51.7 cm³/mol. The highest BCUT2D eigenvalue weighted by Crippen LogP contribution is 2.36. The zero-order valence-electron chi connectivity index (χ0n) is 7.72. The Kier molecular flexibility index (Phi) is 3.45. The maximum atomic E-state index is 11.3.